The van der Waals surface area contributed by atoms with Crippen LogP contribution in [-0.2, 0) is 0 Å². The maximum Gasteiger partial charge on any atom is 0.251 e. The quantitative estimate of drug-likeness (QED) is 0.830. The van der Waals surface area contributed by atoms with Gasteiger partial charge in [0.2, 0.25) is 0 Å². The standard InChI is InChI=1S/C12H15Cl2NO2/c1-7(6-13)8(2)15-12(17)9-3-4-11(16)10(14)5-9/h3-5,7-8,16H,6H2,1-2H3,(H,15,17). The molecule has 0 radical (unpaired) electrons. The van der Waals surface area contributed by atoms with E-state index in [1.54, 1.807) is 0 Å². The fourth-order valence-electron chi connectivity index (χ4n) is 1.21. The number of benzene rings is 1. The van der Waals surface area contributed by atoms with Crippen LogP contribution in [0.5, 0.6) is 5.75 Å². The molecule has 1 amide bonds. The number of rotatable bonds is 4. The Morgan fingerprint density at radius 3 is 2.65 bits per heavy atom. The number of nitrogens with one attached hydrogen (secondary N) is 1. The molecule has 3 nitrogen and oxygen atoms in total. The van der Waals surface area contributed by atoms with Crippen molar-refractivity contribution >= 4 is 29.1 Å². The van der Waals surface area contributed by atoms with Gasteiger partial charge in [0.05, 0.1) is 5.02 Å². The van der Waals surface area contributed by atoms with Crippen molar-refractivity contribution < 1.29 is 9.90 Å². The Labute approximate surface area is 111 Å². The summed E-state index contributed by atoms with van der Waals surface area (Å²) in [7, 11) is 0. The molecule has 0 bridgehead atoms. The van der Waals surface area contributed by atoms with E-state index in [2.05, 4.69) is 5.32 Å². The predicted octanol–water partition coefficient (Wildman–Crippen LogP) is 3.04. The van der Waals surface area contributed by atoms with E-state index in [0.29, 0.717) is 11.4 Å². The topological polar surface area (TPSA) is 49.3 Å². The highest BCUT2D eigenvalue weighted by molar-refractivity contribution is 6.32. The number of hydrogen-bond donors (Lipinski definition) is 2. The molecule has 0 aromatic heterocycles. The van der Waals surface area contributed by atoms with Gasteiger partial charge in [0.15, 0.2) is 0 Å². The Morgan fingerprint density at radius 1 is 1.47 bits per heavy atom. The van der Waals surface area contributed by atoms with Crippen LogP contribution in [-0.4, -0.2) is 22.9 Å². The van der Waals surface area contributed by atoms with Gasteiger partial charge in [0.1, 0.15) is 5.75 Å². The van der Waals surface area contributed by atoms with E-state index in [1.165, 1.54) is 18.2 Å². The second-order valence-electron chi connectivity index (χ2n) is 4.06. The van der Waals surface area contributed by atoms with Crippen LogP contribution in [0, 0.1) is 5.92 Å². The lowest BCUT2D eigenvalue weighted by molar-refractivity contribution is 0.0931. The SMILES string of the molecule is CC(CCl)C(C)NC(=O)c1ccc(O)c(Cl)c1. The van der Waals surface area contributed by atoms with Gasteiger partial charge in [-0.05, 0) is 31.0 Å². The summed E-state index contributed by atoms with van der Waals surface area (Å²) < 4.78 is 0. The van der Waals surface area contributed by atoms with E-state index in [1.807, 2.05) is 13.8 Å². The van der Waals surface area contributed by atoms with E-state index < -0.39 is 0 Å². The third-order valence-corrected chi connectivity index (χ3v) is 3.46. The molecule has 0 aliphatic heterocycles. The highest BCUT2D eigenvalue weighted by atomic mass is 35.5. The van der Waals surface area contributed by atoms with Gasteiger partial charge in [-0.2, -0.15) is 0 Å². The van der Waals surface area contributed by atoms with Gasteiger partial charge in [0, 0.05) is 17.5 Å². The third kappa shape index (κ3) is 3.79. The maximum absolute atomic E-state index is 11.8. The molecule has 2 atom stereocenters. The summed E-state index contributed by atoms with van der Waals surface area (Å²) in [5.41, 5.74) is 0.418. The van der Waals surface area contributed by atoms with Crippen LogP contribution in [0.2, 0.25) is 5.02 Å². The van der Waals surface area contributed by atoms with Crippen LogP contribution in [0.4, 0.5) is 0 Å². The second-order valence-corrected chi connectivity index (χ2v) is 4.78. The second kappa shape index (κ2) is 6.12. The normalized spacial score (nSPS) is 14.1. The molecule has 0 spiro atoms. The van der Waals surface area contributed by atoms with Crippen LogP contribution >= 0.6 is 23.2 Å². The molecule has 0 aliphatic rings. The first kappa shape index (κ1) is 14.1. The van der Waals surface area contributed by atoms with Crippen LogP contribution in [0.25, 0.3) is 0 Å². The number of aromatic hydroxyl groups is 1. The van der Waals surface area contributed by atoms with Crippen molar-refractivity contribution in [2.75, 3.05) is 5.88 Å². The molecule has 0 fully saturated rings. The van der Waals surface area contributed by atoms with E-state index in [4.69, 9.17) is 23.2 Å². The van der Waals surface area contributed by atoms with Gasteiger partial charge in [0.25, 0.3) is 5.91 Å². The van der Waals surface area contributed by atoms with Gasteiger partial charge < -0.3 is 10.4 Å². The molecule has 0 aliphatic carbocycles. The first-order valence-electron chi connectivity index (χ1n) is 5.31. The number of phenols is 1. The molecule has 2 unspecified atom stereocenters. The minimum Gasteiger partial charge on any atom is -0.506 e. The Hall–Kier alpha value is -0.930. The smallest absolute Gasteiger partial charge is 0.251 e. The van der Waals surface area contributed by atoms with Crippen molar-refractivity contribution in [2.45, 2.75) is 19.9 Å². The molecule has 5 heteroatoms. The lowest BCUT2D eigenvalue weighted by Crippen LogP contribution is -2.37. The van der Waals surface area contributed by atoms with Gasteiger partial charge in [-0.15, -0.1) is 11.6 Å². The zero-order chi connectivity index (χ0) is 13.0. The highest BCUT2D eigenvalue weighted by Crippen LogP contribution is 2.23. The fourth-order valence-corrected chi connectivity index (χ4v) is 1.66. The van der Waals surface area contributed by atoms with E-state index in [-0.39, 0.29) is 28.6 Å². The van der Waals surface area contributed by atoms with Crippen molar-refractivity contribution in [1.29, 1.82) is 0 Å². The van der Waals surface area contributed by atoms with Crippen molar-refractivity contribution in [2.24, 2.45) is 5.92 Å². The van der Waals surface area contributed by atoms with E-state index in [9.17, 15) is 9.90 Å². The molecule has 1 rings (SSSR count). The number of halogens is 2. The first-order valence-corrected chi connectivity index (χ1v) is 6.22. The first-order chi connectivity index (χ1) is 7.95. The Balaban J connectivity index is 2.73. The summed E-state index contributed by atoms with van der Waals surface area (Å²) in [6.07, 6.45) is 0. The van der Waals surface area contributed by atoms with Crippen molar-refractivity contribution in [3.63, 3.8) is 0 Å². The molecule has 0 saturated heterocycles. The van der Waals surface area contributed by atoms with Crippen LogP contribution < -0.4 is 5.32 Å². The minimum absolute atomic E-state index is 0.0208. The molecule has 1 aromatic rings. The van der Waals surface area contributed by atoms with Gasteiger partial charge in [-0.25, -0.2) is 0 Å². The van der Waals surface area contributed by atoms with Crippen LogP contribution in [0.3, 0.4) is 0 Å². The number of hydrogen-bond acceptors (Lipinski definition) is 2. The molecule has 2 N–H and O–H groups in total. The fraction of sp³-hybridized carbons (Fsp3) is 0.417. The monoisotopic (exact) mass is 275 g/mol. The number of amides is 1. The third-order valence-electron chi connectivity index (χ3n) is 2.67. The van der Waals surface area contributed by atoms with Crippen LogP contribution in [0.15, 0.2) is 18.2 Å². The Morgan fingerprint density at radius 2 is 2.12 bits per heavy atom. The van der Waals surface area contributed by atoms with Gasteiger partial charge in [-0.3, -0.25) is 4.79 Å². The molecular weight excluding hydrogens is 261 g/mol. The zero-order valence-electron chi connectivity index (χ0n) is 9.71. The average Bonchev–Trinajstić information content (AvgIpc) is 2.31. The highest BCUT2D eigenvalue weighted by Gasteiger charge is 2.15. The number of phenolic OH excluding ortho intramolecular Hbond substituents is 1. The van der Waals surface area contributed by atoms with Crippen molar-refractivity contribution in [1.82, 2.24) is 5.32 Å². The van der Waals surface area contributed by atoms with Gasteiger partial charge >= 0.3 is 0 Å². The summed E-state index contributed by atoms with van der Waals surface area (Å²) in [5.74, 6) is 0.410. The number of carbonyl (C=O) groups is 1. The summed E-state index contributed by atoms with van der Waals surface area (Å²) >= 11 is 11.5. The van der Waals surface area contributed by atoms with Crippen LogP contribution in [0.1, 0.15) is 24.2 Å². The molecule has 0 heterocycles. The lowest BCUT2D eigenvalue weighted by atomic mass is 10.1. The predicted molar refractivity (Wildman–Crippen MR) is 69.9 cm³/mol. The summed E-state index contributed by atoms with van der Waals surface area (Å²) in [4.78, 5) is 11.8. The Bertz CT molecular complexity index is 409. The van der Waals surface area contributed by atoms with Crippen molar-refractivity contribution in [3.05, 3.63) is 28.8 Å². The number of alkyl halides is 1. The largest absolute Gasteiger partial charge is 0.506 e. The molecule has 0 saturated carbocycles. The molecular formula is C12H15Cl2NO2. The molecule has 94 valence electrons. The zero-order valence-corrected chi connectivity index (χ0v) is 11.2. The van der Waals surface area contributed by atoms with E-state index in [0.717, 1.165) is 0 Å². The van der Waals surface area contributed by atoms with E-state index >= 15 is 0 Å². The molecule has 1 aromatic carbocycles. The summed E-state index contributed by atoms with van der Waals surface area (Å²) in [5, 5.41) is 12.2. The molecule has 17 heavy (non-hydrogen) atoms. The van der Waals surface area contributed by atoms with Gasteiger partial charge in [-0.1, -0.05) is 18.5 Å². The minimum atomic E-state index is -0.226. The maximum atomic E-state index is 11.8. The average molecular weight is 276 g/mol. The summed E-state index contributed by atoms with van der Waals surface area (Å²) in [6.45, 7) is 3.86. The lowest BCUT2D eigenvalue weighted by Gasteiger charge is -2.19. The number of carbonyl (C=O) groups excluding carboxylic acids is 1. The Kier molecular flexibility index (Phi) is 5.09. The van der Waals surface area contributed by atoms with Crippen molar-refractivity contribution in [3.8, 4) is 5.75 Å². The summed E-state index contributed by atoms with van der Waals surface area (Å²) in [6, 6.07) is 4.33.